The van der Waals surface area contributed by atoms with Crippen LogP contribution in [0.4, 0.5) is 5.69 Å². The molecule has 1 atom stereocenters. The summed E-state index contributed by atoms with van der Waals surface area (Å²) in [6, 6.07) is 17.6. The minimum absolute atomic E-state index is 0.0358. The lowest BCUT2D eigenvalue weighted by atomic mass is 9.97. The quantitative estimate of drug-likeness (QED) is 0.317. The number of methoxy groups -OCH3 is 1. The summed E-state index contributed by atoms with van der Waals surface area (Å²) in [5, 5.41) is 11.8. The third-order valence-corrected chi connectivity index (χ3v) is 6.03. The van der Waals surface area contributed by atoms with Gasteiger partial charge in [0.05, 0.1) is 29.0 Å². The molecule has 0 N–H and O–H groups in total. The number of fused-ring (bicyclic) bond motifs is 2. The van der Waals surface area contributed by atoms with Gasteiger partial charge in [-0.15, -0.1) is 0 Å². The van der Waals surface area contributed by atoms with Gasteiger partial charge in [-0.1, -0.05) is 35.9 Å². The summed E-state index contributed by atoms with van der Waals surface area (Å²) in [6.07, 6.45) is 0. The lowest BCUT2D eigenvalue weighted by Crippen LogP contribution is -2.29. The molecule has 1 aliphatic heterocycles. The van der Waals surface area contributed by atoms with Gasteiger partial charge in [-0.3, -0.25) is 19.7 Å². The Balaban J connectivity index is 1.71. The van der Waals surface area contributed by atoms with E-state index in [-0.39, 0.29) is 29.0 Å². The highest BCUT2D eigenvalue weighted by Gasteiger charge is 2.43. The van der Waals surface area contributed by atoms with Gasteiger partial charge in [0.15, 0.2) is 5.43 Å². The fourth-order valence-corrected chi connectivity index (χ4v) is 4.38. The molecule has 170 valence electrons. The summed E-state index contributed by atoms with van der Waals surface area (Å²) in [5.74, 6) is 0.196. The van der Waals surface area contributed by atoms with Gasteiger partial charge < -0.3 is 14.1 Å². The number of hydrogen-bond donors (Lipinski definition) is 0. The van der Waals surface area contributed by atoms with E-state index in [1.807, 2.05) is 25.1 Å². The number of carbonyl (C=O) groups excluding carboxylic acids is 1. The summed E-state index contributed by atoms with van der Waals surface area (Å²) < 4.78 is 11.1. The SMILES string of the molecule is COc1ccc(CN2C(=O)c3oc4ccc(C)cc4c(=O)c3C2c2cccc([N+](=O)[O-])c2)cc1. The van der Waals surface area contributed by atoms with Crippen LogP contribution in [-0.2, 0) is 6.54 Å². The first-order valence-corrected chi connectivity index (χ1v) is 10.6. The minimum Gasteiger partial charge on any atom is -0.497 e. The van der Waals surface area contributed by atoms with Crippen LogP contribution in [0.15, 0.2) is 75.9 Å². The van der Waals surface area contributed by atoms with Crippen LogP contribution < -0.4 is 10.2 Å². The number of nitrogens with zero attached hydrogens (tertiary/aromatic N) is 2. The van der Waals surface area contributed by atoms with Gasteiger partial charge in [0, 0.05) is 18.7 Å². The third-order valence-electron chi connectivity index (χ3n) is 6.03. The monoisotopic (exact) mass is 456 g/mol. The smallest absolute Gasteiger partial charge is 0.291 e. The van der Waals surface area contributed by atoms with Crippen molar-refractivity contribution in [2.75, 3.05) is 7.11 Å². The van der Waals surface area contributed by atoms with Gasteiger partial charge in [0.1, 0.15) is 11.3 Å². The predicted octanol–water partition coefficient (Wildman–Crippen LogP) is 4.76. The number of ether oxygens (including phenoxy) is 1. The zero-order chi connectivity index (χ0) is 24.0. The van der Waals surface area contributed by atoms with E-state index in [2.05, 4.69) is 0 Å². The number of amides is 1. The molecule has 1 aliphatic rings. The van der Waals surface area contributed by atoms with Crippen molar-refractivity contribution in [1.82, 2.24) is 4.90 Å². The second-order valence-corrected chi connectivity index (χ2v) is 8.21. The van der Waals surface area contributed by atoms with Crippen molar-refractivity contribution in [3.05, 3.63) is 115 Å². The van der Waals surface area contributed by atoms with E-state index in [4.69, 9.17) is 9.15 Å². The molecular formula is C26H20N2O6. The molecule has 34 heavy (non-hydrogen) atoms. The number of aryl methyl sites for hydroxylation is 1. The topological polar surface area (TPSA) is 103 Å². The highest BCUT2D eigenvalue weighted by atomic mass is 16.6. The Morgan fingerprint density at radius 1 is 1.06 bits per heavy atom. The zero-order valence-electron chi connectivity index (χ0n) is 18.5. The van der Waals surface area contributed by atoms with Gasteiger partial charge in [-0.25, -0.2) is 0 Å². The molecule has 4 aromatic rings. The second kappa shape index (κ2) is 8.15. The largest absolute Gasteiger partial charge is 0.497 e. The number of rotatable bonds is 5. The molecule has 3 aromatic carbocycles. The van der Waals surface area contributed by atoms with Crippen LogP contribution in [0.1, 0.15) is 38.9 Å². The first kappa shape index (κ1) is 21.4. The number of benzene rings is 3. The Labute approximate surface area is 194 Å². The highest BCUT2D eigenvalue weighted by Crippen LogP contribution is 2.40. The van der Waals surface area contributed by atoms with Crippen molar-refractivity contribution in [2.45, 2.75) is 19.5 Å². The summed E-state index contributed by atoms with van der Waals surface area (Å²) in [6.45, 7) is 2.04. The Morgan fingerprint density at radius 3 is 2.53 bits per heavy atom. The maximum atomic E-state index is 13.6. The van der Waals surface area contributed by atoms with E-state index in [1.54, 1.807) is 43.5 Å². The van der Waals surface area contributed by atoms with Crippen molar-refractivity contribution in [3.63, 3.8) is 0 Å². The molecule has 8 nitrogen and oxygen atoms in total. The van der Waals surface area contributed by atoms with Gasteiger partial charge in [0.25, 0.3) is 11.6 Å². The number of carbonyl (C=O) groups is 1. The van der Waals surface area contributed by atoms with Gasteiger partial charge in [-0.2, -0.15) is 0 Å². The fourth-order valence-electron chi connectivity index (χ4n) is 4.38. The molecule has 0 saturated heterocycles. The Bertz CT molecular complexity index is 1510. The molecule has 2 heterocycles. The summed E-state index contributed by atoms with van der Waals surface area (Å²) in [4.78, 5) is 39.6. The Kier molecular flexibility index (Phi) is 5.13. The Morgan fingerprint density at radius 2 is 1.82 bits per heavy atom. The predicted molar refractivity (Wildman–Crippen MR) is 125 cm³/mol. The number of hydrogen-bond acceptors (Lipinski definition) is 6. The molecule has 0 spiro atoms. The normalized spacial score (nSPS) is 14.9. The first-order chi connectivity index (χ1) is 16.4. The molecule has 1 unspecified atom stereocenters. The van der Waals surface area contributed by atoms with Crippen molar-refractivity contribution in [1.29, 1.82) is 0 Å². The van der Waals surface area contributed by atoms with E-state index < -0.39 is 16.9 Å². The van der Waals surface area contributed by atoms with Crippen molar-refractivity contribution < 1.29 is 18.9 Å². The molecule has 0 radical (unpaired) electrons. The summed E-state index contributed by atoms with van der Waals surface area (Å²) in [5.41, 5.74) is 2.24. The Hall–Kier alpha value is -4.46. The third kappa shape index (κ3) is 3.49. The van der Waals surface area contributed by atoms with E-state index in [9.17, 15) is 19.7 Å². The van der Waals surface area contributed by atoms with Gasteiger partial charge in [0.2, 0.25) is 5.76 Å². The molecule has 0 aliphatic carbocycles. The molecule has 8 heteroatoms. The molecule has 0 fully saturated rings. The molecule has 0 bridgehead atoms. The number of nitro benzene ring substituents is 1. The van der Waals surface area contributed by atoms with E-state index in [1.165, 1.54) is 17.0 Å². The number of non-ortho nitro benzene ring substituents is 1. The van der Waals surface area contributed by atoms with Crippen molar-refractivity contribution >= 4 is 22.6 Å². The summed E-state index contributed by atoms with van der Waals surface area (Å²) >= 11 is 0. The summed E-state index contributed by atoms with van der Waals surface area (Å²) in [7, 11) is 1.57. The van der Waals surface area contributed by atoms with Crippen molar-refractivity contribution in [2.24, 2.45) is 0 Å². The maximum absolute atomic E-state index is 13.6. The first-order valence-electron chi connectivity index (χ1n) is 10.6. The maximum Gasteiger partial charge on any atom is 0.291 e. The van der Waals surface area contributed by atoms with Crippen LogP contribution in [0.2, 0.25) is 0 Å². The van der Waals surface area contributed by atoms with Crippen LogP contribution >= 0.6 is 0 Å². The molecule has 1 amide bonds. The lowest BCUT2D eigenvalue weighted by Gasteiger charge is -2.25. The molecule has 1 aromatic heterocycles. The van der Waals surface area contributed by atoms with E-state index in [0.717, 1.165) is 11.1 Å². The minimum atomic E-state index is -0.828. The van der Waals surface area contributed by atoms with Crippen LogP contribution in [0.5, 0.6) is 5.75 Å². The highest BCUT2D eigenvalue weighted by molar-refractivity contribution is 5.99. The average molecular weight is 456 g/mol. The molecule has 5 rings (SSSR count). The average Bonchev–Trinajstić information content (AvgIpc) is 3.12. The van der Waals surface area contributed by atoms with Gasteiger partial charge in [-0.05, 0) is 42.3 Å². The van der Waals surface area contributed by atoms with Crippen LogP contribution in [0.25, 0.3) is 11.0 Å². The number of nitro groups is 1. The van der Waals surface area contributed by atoms with Crippen LogP contribution in [0, 0.1) is 17.0 Å². The van der Waals surface area contributed by atoms with Crippen LogP contribution in [0.3, 0.4) is 0 Å². The van der Waals surface area contributed by atoms with Crippen molar-refractivity contribution in [3.8, 4) is 5.75 Å². The van der Waals surface area contributed by atoms with E-state index in [0.29, 0.717) is 22.3 Å². The van der Waals surface area contributed by atoms with Crippen LogP contribution in [-0.4, -0.2) is 22.8 Å². The molecule has 0 saturated carbocycles. The fraction of sp³-hybridized carbons (Fsp3) is 0.154. The lowest BCUT2D eigenvalue weighted by molar-refractivity contribution is -0.384. The molecular weight excluding hydrogens is 436 g/mol. The zero-order valence-corrected chi connectivity index (χ0v) is 18.5. The standard InChI is InChI=1S/C26H20N2O6/c1-15-6-11-21-20(12-15)24(29)22-23(17-4-3-5-18(13-17)28(31)32)27(26(30)25(22)34-21)14-16-7-9-19(33-2)10-8-16/h3-13,23H,14H2,1-2H3. The van der Waals surface area contributed by atoms with Gasteiger partial charge >= 0.3 is 0 Å². The van der Waals surface area contributed by atoms with E-state index >= 15 is 0 Å². The second-order valence-electron chi connectivity index (χ2n) is 8.21.